The maximum atomic E-state index is 12.8. The van der Waals surface area contributed by atoms with Gasteiger partial charge in [-0.2, -0.15) is 0 Å². The van der Waals surface area contributed by atoms with Crippen LogP contribution in [0.1, 0.15) is 38.2 Å². The number of amides is 6. The van der Waals surface area contributed by atoms with Crippen molar-refractivity contribution < 1.29 is 23.9 Å². The lowest BCUT2D eigenvalue weighted by molar-refractivity contribution is -0.134. The van der Waals surface area contributed by atoms with E-state index in [-0.39, 0.29) is 6.04 Å². The van der Waals surface area contributed by atoms with E-state index in [0.717, 1.165) is 30.6 Å². The molecule has 1 heterocycles. The number of urea groups is 2. The minimum absolute atomic E-state index is 0.0582. The van der Waals surface area contributed by atoms with Gasteiger partial charge < -0.3 is 15.4 Å². The molecular weight excluding hydrogens is 364 g/mol. The maximum absolute atomic E-state index is 12.8. The Balaban J connectivity index is 1.62. The topological polar surface area (TPSA) is 117 Å². The van der Waals surface area contributed by atoms with Gasteiger partial charge in [0.25, 0.3) is 5.91 Å². The minimum atomic E-state index is -1.30. The highest BCUT2D eigenvalue weighted by molar-refractivity contribution is 6.10. The highest BCUT2D eigenvalue weighted by atomic mass is 16.5. The van der Waals surface area contributed by atoms with E-state index < -0.39 is 36.0 Å². The van der Waals surface area contributed by atoms with Crippen LogP contribution in [-0.2, 0) is 15.1 Å². The third-order valence-electron chi connectivity index (χ3n) is 5.19. The van der Waals surface area contributed by atoms with Crippen LogP contribution in [0.4, 0.5) is 9.59 Å². The van der Waals surface area contributed by atoms with Gasteiger partial charge in [-0.1, -0.05) is 25.0 Å². The lowest BCUT2D eigenvalue weighted by atomic mass is 9.92. The molecule has 3 N–H and O–H groups in total. The van der Waals surface area contributed by atoms with Crippen molar-refractivity contribution in [3.05, 3.63) is 29.8 Å². The molecule has 0 aromatic heterocycles. The zero-order valence-corrected chi connectivity index (χ0v) is 15.9. The van der Waals surface area contributed by atoms with Crippen molar-refractivity contribution in [3.8, 4) is 5.75 Å². The summed E-state index contributed by atoms with van der Waals surface area (Å²) in [5, 5.41) is 7.52. The third-order valence-corrected chi connectivity index (χ3v) is 5.19. The van der Waals surface area contributed by atoms with Crippen molar-refractivity contribution in [2.45, 2.75) is 44.2 Å². The summed E-state index contributed by atoms with van der Waals surface area (Å²) >= 11 is 0. The number of imide groups is 2. The van der Waals surface area contributed by atoms with Crippen LogP contribution in [0.5, 0.6) is 5.75 Å². The molecule has 1 atom stereocenters. The smallest absolute Gasteiger partial charge is 0.325 e. The average Bonchev–Trinajstić information content (AvgIpc) is 3.24. The molecule has 9 heteroatoms. The van der Waals surface area contributed by atoms with Crippen molar-refractivity contribution in [3.63, 3.8) is 0 Å². The third kappa shape index (κ3) is 3.92. The number of nitrogens with zero attached hydrogens (tertiary/aromatic N) is 1. The second-order valence-electron chi connectivity index (χ2n) is 7.18. The molecule has 0 spiro atoms. The molecule has 1 aliphatic carbocycles. The summed E-state index contributed by atoms with van der Waals surface area (Å²) in [5.41, 5.74) is -0.732. The van der Waals surface area contributed by atoms with Gasteiger partial charge in [0, 0.05) is 6.04 Å². The first-order chi connectivity index (χ1) is 13.3. The number of carbonyl (C=O) groups excluding carboxylic acids is 4. The van der Waals surface area contributed by atoms with Crippen molar-refractivity contribution in [1.29, 1.82) is 0 Å². The Hall–Kier alpha value is -3.10. The molecule has 2 fully saturated rings. The Labute approximate surface area is 162 Å². The van der Waals surface area contributed by atoms with Crippen LogP contribution >= 0.6 is 0 Å². The van der Waals surface area contributed by atoms with E-state index in [1.54, 1.807) is 31.2 Å². The largest absolute Gasteiger partial charge is 0.497 e. The first-order valence-corrected chi connectivity index (χ1v) is 9.22. The molecule has 1 saturated heterocycles. The molecule has 1 unspecified atom stereocenters. The van der Waals surface area contributed by atoms with Crippen molar-refractivity contribution in [2.24, 2.45) is 0 Å². The Morgan fingerprint density at radius 2 is 1.86 bits per heavy atom. The summed E-state index contributed by atoms with van der Waals surface area (Å²) in [6.45, 7) is 1.04. The van der Waals surface area contributed by atoms with E-state index in [9.17, 15) is 19.2 Å². The van der Waals surface area contributed by atoms with Gasteiger partial charge in [-0.3, -0.25) is 19.8 Å². The fourth-order valence-corrected chi connectivity index (χ4v) is 3.56. The molecule has 1 aromatic rings. The number of nitrogens with one attached hydrogen (secondary N) is 3. The van der Waals surface area contributed by atoms with Crippen molar-refractivity contribution in [2.75, 3.05) is 13.7 Å². The maximum Gasteiger partial charge on any atom is 0.325 e. The molecule has 1 saturated carbocycles. The van der Waals surface area contributed by atoms with Crippen LogP contribution in [0.3, 0.4) is 0 Å². The molecule has 3 rings (SSSR count). The van der Waals surface area contributed by atoms with Gasteiger partial charge in [0.15, 0.2) is 0 Å². The lowest BCUT2D eigenvalue weighted by Gasteiger charge is -2.22. The number of hydrogen-bond donors (Lipinski definition) is 3. The number of rotatable bonds is 5. The van der Waals surface area contributed by atoms with E-state index >= 15 is 0 Å². The fraction of sp³-hybridized carbons (Fsp3) is 0.474. The normalized spacial score (nSPS) is 22.1. The van der Waals surface area contributed by atoms with Gasteiger partial charge in [-0.05, 0) is 37.5 Å². The standard InChI is InChI=1S/C19H24N4O5/c1-19(12-7-9-14(28-2)10-8-12)16(25)23(18(27)22-19)11-15(24)21-17(26)20-13-5-3-4-6-13/h7-10,13H,3-6,11H2,1-2H3,(H,22,27)(H2,20,21,24,26). The van der Waals surface area contributed by atoms with Crippen LogP contribution in [0.15, 0.2) is 24.3 Å². The van der Waals surface area contributed by atoms with Crippen LogP contribution < -0.4 is 20.7 Å². The lowest BCUT2D eigenvalue weighted by Crippen LogP contribution is -2.48. The number of hydrogen-bond acceptors (Lipinski definition) is 5. The van der Waals surface area contributed by atoms with Gasteiger partial charge in [0.05, 0.1) is 7.11 Å². The SMILES string of the molecule is COc1ccc(C2(C)NC(=O)N(CC(=O)NC(=O)NC3CCCC3)C2=O)cc1. The zero-order chi connectivity index (χ0) is 20.3. The van der Waals surface area contributed by atoms with Gasteiger partial charge in [0.2, 0.25) is 5.91 Å². The summed E-state index contributed by atoms with van der Waals surface area (Å²) in [6, 6.07) is 5.48. The van der Waals surface area contributed by atoms with E-state index in [1.807, 2.05) is 0 Å². The van der Waals surface area contributed by atoms with Crippen LogP contribution in [0.2, 0.25) is 0 Å². The first-order valence-electron chi connectivity index (χ1n) is 9.22. The summed E-state index contributed by atoms with van der Waals surface area (Å²) in [6.07, 6.45) is 3.86. The molecule has 0 bridgehead atoms. The molecule has 0 radical (unpaired) electrons. The van der Waals surface area contributed by atoms with Crippen molar-refractivity contribution in [1.82, 2.24) is 20.9 Å². The van der Waals surface area contributed by atoms with E-state index in [4.69, 9.17) is 4.74 Å². The Kier molecular flexibility index (Phi) is 5.53. The van der Waals surface area contributed by atoms with E-state index in [1.165, 1.54) is 7.11 Å². The molecular formula is C19H24N4O5. The summed E-state index contributed by atoms with van der Waals surface area (Å²) in [5.74, 6) is -0.666. The average molecular weight is 388 g/mol. The summed E-state index contributed by atoms with van der Waals surface area (Å²) in [4.78, 5) is 50.0. The predicted molar refractivity (Wildman–Crippen MR) is 99.5 cm³/mol. The van der Waals surface area contributed by atoms with Gasteiger partial charge in [0.1, 0.15) is 17.8 Å². The molecule has 28 heavy (non-hydrogen) atoms. The Morgan fingerprint density at radius 1 is 1.21 bits per heavy atom. The molecule has 1 aliphatic heterocycles. The number of methoxy groups -OCH3 is 1. The fourth-order valence-electron chi connectivity index (χ4n) is 3.56. The second-order valence-corrected chi connectivity index (χ2v) is 7.18. The van der Waals surface area contributed by atoms with Crippen LogP contribution in [0.25, 0.3) is 0 Å². The number of ether oxygens (including phenoxy) is 1. The molecule has 9 nitrogen and oxygen atoms in total. The summed E-state index contributed by atoms with van der Waals surface area (Å²) < 4.78 is 5.10. The van der Waals surface area contributed by atoms with E-state index in [2.05, 4.69) is 16.0 Å². The number of carbonyl (C=O) groups is 4. The monoisotopic (exact) mass is 388 g/mol. The minimum Gasteiger partial charge on any atom is -0.497 e. The first kappa shape index (κ1) is 19.7. The van der Waals surface area contributed by atoms with Gasteiger partial charge in [-0.25, -0.2) is 9.59 Å². The zero-order valence-electron chi connectivity index (χ0n) is 15.9. The van der Waals surface area contributed by atoms with Crippen molar-refractivity contribution >= 4 is 23.9 Å². The van der Waals surface area contributed by atoms with Gasteiger partial charge in [-0.15, -0.1) is 0 Å². The summed E-state index contributed by atoms with van der Waals surface area (Å²) in [7, 11) is 1.53. The molecule has 1 aromatic carbocycles. The quantitative estimate of drug-likeness (QED) is 0.656. The highest BCUT2D eigenvalue weighted by Crippen LogP contribution is 2.29. The van der Waals surface area contributed by atoms with E-state index in [0.29, 0.717) is 11.3 Å². The Morgan fingerprint density at radius 3 is 2.46 bits per heavy atom. The van der Waals surface area contributed by atoms with Gasteiger partial charge >= 0.3 is 12.1 Å². The predicted octanol–water partition coefficient (Wildman–Crippen LogP) is 1.23. The molecule has 150 valence electrons. The molecule has 2 aliphatic rings. The Bertz CT molecular complexity index is 788. The number of benzene rings is 1. The van der Waals surface area contributed by atoms with Crippen LogP contribution in [0, 0.1) is 0 Å². The highest BCUT2D eigenvalue weighted by Gasteiger charge is 2.49. The molecule has 6 amide bonds. The second kappa shape index (κ2) is 7.87. The van der Waals surface area contributed by atoms with Crippen LogP contribution in [-0.4, -0.2) is 48.5 Å².